The van der Waals surface area contributed by atoms with Crippen molar-refractivity contribution < 1.29 is 9.53 Å². The first kappa shape index (κ1) is 17.8. The Morgan fingerprint density at radius 3 is 2.71 bits per heavy atom. The van der Waals surface area contributed by atoms with E-state index in [-0.39, 0.29) is 11.4 Å². The molecule has 0 aliphatic rings. The highest BCUT2D eigenvalue weighted by atomic mass is 16.5. The third-order valence-corrected chi connectivity index (χ3v) is 4.08. The molecule has 128 valence electrons. The molecule has 1 aromatic carbocycles. The predicted molar refractivity (Wildman–Crippen MR) is 95.2 cm³/mol. The lowest BCUT2D eigenvalue weighted by Gasteiger charge is -2.26. The lowest BCUT2D eigenvalue weighted by Crippen LogP contribution is -2.42. The molecular weight excluding hydrogens is 302 g/mol. The van der Waals surface area contributed by atoms with E-state index in [1.807, 2.05) is 43.3 Å². The number of nitrogens with zero attached hydrogens (tertiary/aromatic N) is 1. The number of ether oxygens (including phenoxy) is 1. The van der Waals surface area contributed by atoms with Gasteiger partial charge in [-0.15, -0.1) is 0 Å². The van der Waals surface area contributed by atoms with Crippen LogP contribution in [0.4, 0.5) is 4.79 Å². The zero-order valence-corrected chi connectivity index (χ0v) is 14.7. The maximum absolute atomic E-state index is 12.1. The molecule has 2 amide bonds. The van der Waals surface area contributed by atoms with Crippen LogP contribution in [0.15, 0.2) is 42.6 Å². The third-order valence-electron chi connectivity index (χ3n) is 4.08. The minimum atomic E-state index is -0.202. The van der Waals surface area contributed by atoms with Gasteiger partial charge in [0.1, 0.15) is 5.75 Å². The van der Waals surface area contributed by atoms with Crippen LogP contribution in [-0.4, -0.2) is 24.7 Å². The third kappa shape index (κ3) is 4.72. The van der Waals surface area contributed by atoms with Crippen molar-refractivity contribution in [3.8, 4) is 5.75 Å². The number of urea groups is 1. The van der Waals surface area contributed by atoms with Crippen LogP contribution in [0.25, 0.3) is 0 Å². The summed E-state index contributed by atoms with van der Waals surface area (Å²) < 4.78 is 5.27. The zero-order valence-electron chi connectivity index (χ0n) is 14.7. The van der Waals surface area contributed by atoms with E-state index < -0.39 is 0 Å². The number of carbonyl (C=O) groups excluding carboxylic acids is 1. The molecule has 0 saturated heterocycles. The number of nitrogens with one attached hydrogen (secondary N) is 2. The van der Waals surface area contributed by atoms with Crippen LogP contribution in [0.1, 0.15) is 30.7 Å². The fraction of sp³-hybridized carbons (Fsp3) is 0.368. The Morgan fingerprint density at radius 2 is 2.00 bits per heavy atom. The molecule has 0 atom stereocenters. The van der Waals surface area contributed by atoms with Crippen molar-refractivity contribution in [2.45, 2.75) is 32.7 Å². The van der Waals surface area contributed by atoms with Gasteiger partial charge >= 0.3 is 6.03 Å². The van der Waals surface area contributed by atoms with Gasteiger partial charge in [0.15, 0.2) is 0 Å². The van der Waals surface area contributed by atoms with Crippen LogP contribution < -0.4 is 15.4 Å². The topological polar surface area (TPSA) is 63.2 Å². The van der Waals surface area contributed by atoms with Gasteiger partial charge < -0.3 is 15.4 Å². The average Bonchev–Trinajstić information content (AvgIpc) is 2.59. The van der Waals surface area contributed by atoms with Gasteiger partial charge in [0, 0.05) is 18.2 Å². The maximum atomic E-state index is 12.1. The zero-order chi connectivity index (χ0) is 17.6. The number of methoxy groups -OCH3 is 1. The van der Waals surface area contributed by atoms with Crippen molar-refractivity contribution in [2.24, 2.45) is 0 Å². The van der Waals surface area contributed by atoms with Crippen molar-refractivity contribution in [1.82, 2.24) is 15.6 Å². The summed E-state index contributed by atoms with van der Waals surface area (Å²) in [6.07, 6.45) is 1.73. The number of hydrogen-bond acceptors (Lipinski definition) is 3. The molecule has 24 heavy (non-hydrogen) atoms. The van der Waals surface area contributed by atoms with Crippen LogP contribution in [-0.2, 0) is 12.0 Å². The monoisotopic (exact) mass is 327 g/mol. The average molecular weight is 327 g/mol. The van der Waals surface area contributed by atoms with Crippen LogP contribution in [0.2, 0.25) is 0 Å². The summed E-state index contributed by atoms with van der Waals surface area (Å²) in [4.78, 5) is 16.3. The molecule has 1 aromatic heterocycles. The summed E-state index contributed by atoms with van der Waals surface area (Å²) in [6, 6.07) is 11.6. The van der Waals surface area contributed by atoms with E-state index in [1.54, 1.807) is 13.3 Å². The number of benzene rings is 1. The van der Waals surface area contributed by atoms with E-state index in [0.717, 1.165) is 22.6 Å². The van der Waals surface area contributed by atoms with Crippen molar-refractivity contribution in [1.29, 1.82) is 0 Å². The highest BCUT2D eigenvalue weighted by Crippen LogP contribution is 2.25. The van der Waals surface area contributed by atoms with Crippen LogP contribution in [0.5, 0.6) is 5.75 Å². The number of carbonyl (C=O) groups is 1. The van der Waals surface area contributed by atoms with Crippen LogP contribution in [0, 0.1) is 6.92 Å². The Kier molecular flexibility index (Phi) is 5.79. The van der Waals surface area contributed by atoms with E-state index in [1.165, 1.54) is 0 Å². The van der Waals surface area contributed by atoms with Gasteiger partial charge in [-0.05, 0) is 36.2 Å². The van der Waals surface area contributed by atoms with Crippen LogP contribution >= 0.6 is 0 Å². The van der Waals surface area contributed by atoms with Crippen molar-refractivity contribution >= 4 is 6.03 Å². The molecule has 1 heterocycles. The summed E-state index contributed by atoms with van der Waals surface area (Å²) in [5.74, 6) is 0.815. The molecule has 2 N–H and O–H groups in total. The predicted octanol–water partition coefficient (Wildman–Crippen LogP) is 3.18. The summed E-state index contributed by atoms with van der Waals surface area (Å²) in [5, 5.41) is 5.78. The molecule has 5 heteroatoms. The molecule has 2 rings (SSSR count). The molecule has 0 aliphatic carbocycles. The number of amides is 2. The van der Waals surface area contributed by atoms with Crippen molar-refractivity contribution in [3.63, 3.8) is 0 Å². The second-order valence-electron chi connectivity index (χ2n) is 6.42. The van der Waals surface area contributed by atoms with E-state index in [9.17, 15) is 4.79 Å². The minimum absolute atomic E-state index is 0.198. The van der Waals surface area contributed by atoms with Gasteiger partial charge in [-0.25, -0.2) is 4.79 Å². The molecule has 0 bridgehead atoms. The fourth-order valence-electron chi connectivity index (χ4n) is 2.38. The van der Waals surface area contributed by atoms with E-state index in [0.29, 0.717) is 13.1 Å². The highest BCUT2D eigenvalue weighted by Gasteiger charge is 2.22. The van der Waals surface area contributed by atoms with Crippen molar-refractivity contribution in [2.75, 3.05) is 13.7 Å². The normalized spacial score (nSPS) is 11.0. The molecule has 0 spiro atoms. The van der Waals surface area contributed by atoms with Crippen LogP contribution in [0.3, 0.4) is 0 Å². The fourth-order valence-corrected chi connectivity index (χ4v) is 2.38. The lowest BCUT2D eigenvalue weighted by molar-refractivity contribution is 0.238. The largest absolute Gasteiger partial charge is 0.497 e. The first-order valence-electron chi connectivity index (χ1n) is 7.99. The van der Waals surface area contributed by atoms with Gasteiger partial charge in [-0.1, -0.05) is 32.0 Å². The van der Waals surface area contributed by atoms with Gasteiger partial charge in [0.05, 0.1) is 19.3 Å². The molecule has 2 aromatic rings. The Hall–Kier alpha value is -2.56. The molecule has 0 radical (unpaired) electrons. The smallest absolute Gasteiger partial charge is 0.315 e. The summed E-state index contributed by atoms with van der Waals surface area (Å²) >= 11 is 0. The second kappa shape index (κ2) is 7.81. The Labute approximate surface area is 143 Å². The Balaban J connectivity index is 1.89. The molecule has 0 fully saturated rings. The SMILES string of the molecule is COc1cccc(C(C)(C)CNC(=O)NCc2ncccc2C)c1. The van der Waals surface area contributed by atoms with Gasteiger partial charge in [-0.3, -0.25) is 4.98 Å². The minimum Gasteiger partial charge on any atom is -0.497 e. The van der Waals surface area contributed by atoms with E-state index in [2.05, 4.69) is 29.5 Å². The molecule has 0 aliphatic heterocycles. The summed E-state index contributed by atoms with van der Waals surface area (Å²) in [6.45, 7) is 7.09. The molecule has 0 unspecified atom stereocenters. The summed E-state index contributed by atoms with van der Waals surface area (Å²) in [5.41, 5.74) is 2.85. The summed E-state index contributed by atoms with van der Waals surface area (Å²) in [7, 11) is 1.65. The first-order chi connectivity index (χ1) is 11.4. The lowest BCUT2D eigenvalue weighted by atomic mass is 9.84. The number of pyridine rings is 1. The number of aromatic nitrogens is 1. The number of aryl methyl sites for hydroxylation is 1. The maximum Gasteiger partial charge on any atom is 0.315 e. The van der Waals surface area contributed by atoms with Crippen molar-refractivity contribution in [3.05, 3.63) is 59.4 Å². The number of hydrogen-bond donors (Lipinski definition) is 2. The van der Waals surface area contributed by atoms with E-state index >= 15 is 0 Å². The Morgan fingerprint density at radius 1 is 1.21 bits per heavy atom. The van der Waals surface area contributed by atoms with Gasteiger partial charge in [-0.2, -0.15) is 0 Å². The molecule has 5 nitrogen and oxygen atoms in total. The second-order valence-corrected chi connectivity index (χ2v) is 6.42. The van der Waals surface area contributed by atoms with Gasteiger partial charge in [0.2, 0.25) is 0 Å². The first-order valence-corrected chi connectivity index (χ1v) is 7.99. The number of rotatable bonds is 6. The molecule has 0 saturated carbocycles. The van der Waals surface area contributed by atoms with E-state index in [4.69, 9.17) is 4.74 Å². The Bertz CT molecular complexity index is 699. The highest BCUT2D eigenvalue weighted by molar-refractivity contribution is 5.74. The molecular formula is C19H25N3O2. The standard InChI is InChI=1S/C19H25N3O2/c1-14-7-6-10-20-17(14)12-21-18(23)22-13-19(2,3)15-8-5-9-16(11-15)24-4/h5-11H,12-13H2,1-4H3,(H2,21,22,23). The van der Waals surface area contributed by atoms with Gasteiger partial charge in [0.25, 0.3) is 0 Å². The quantitative estimate of drug-likeness (QED) is 0.856.